The number of hydroxylamine groups is 2. The lowest BCUT2D eigenvalue weighted by Crippen LogP contribution is -2.19. The molecule has 0 N–H and O–H groups in total. The van der Waals surface area contributed by atoms with Gasteiger partial charge in [-0.1, -0.05) is 42.5 Å². The van der Waals surface area contributed by atoms with Crippen LogP contribution in [0.2, 0.25) is 0 Å². The molecule has 2 rings (SSSR count). The molecule has 0 saturated carbocycles. The van der Waals surface area contributed by atoms with E-state index in [1.54, 1.807) is 0 Å². The summed E-state index contributed by atoms with van der Waals surface area (Å²) in [6, 6.07) is 10.2. The van der Waals surface area contributed by atoms with Gasteiger partial charge in [-0.15, -0.1) is 0 Å². The summed E-state index contributed by atoms with van der Waals surface area (Å²) in [6.45, 7) is 2.49. The molecule has 2 nitrogen and oxygen atoms in total. The van der Waals surface area contributed by atoms with Gasteiger partial charge in [-0.25, -0.2) is 0 Å². The minimum Gasteiger partial charge on any atom is -0.294 e. The highest BCUT2D eigenvalue weighted by molar-refractivity contribution is 5.13. The Morgan fingerprint density at radius 2 is 1.77 bits per heavy atom. The van der Waals surface area contributed by atoms with Crippen LogP contribution in [0.25, 0.3) is 0 Å². The Kier molecular flexibility index (Phi) is 2.75. The van der Waals surface area contributed by atoms with Crippen LogP contribution in [0.15, 0.2) is 42.5 Å². The van der Waals surface area contributed by atoms with Gasteiger partial charge in [0.25, 0.3) is 0 Å². The second-order valence-corrected chi connectivity index (χ2v) is 3.08. The lowest BCUT2D eigenvalue weighted by Gasteiger charge is -2.14. The Morgan fingerprint density at radius 1 is 1.08 bits per heavy atom. The minimum atomic E-state index is 0.669. The van der Waals surface area contributed by atoms with Crippen molar-refractivity contribution in [2.75, 3.05) is 13.1 Å². The fourth-order valence-corrected chi connectivity index (χ4v) is 1.30. The van der Waals surface area contributed by atoms with Crippen molar-refractivity contribution >= 4 is 0 Å². The van der Waals surface area contributed by atoms with E-state index < -0.39 is 0 Å². The van der Waals surface area contributed by atoms with E-state index in [1.807, 2.05) is 23.3 Å². The minimum absolute atomic E-state index is 0.669. The van der Waals surface area contributed by atoms with Crippen LogP contribution in [0.4, 0.5) is 0 Å². The number of hydrogen-bond donors (Lipinski definition) is 0. The largest absolute Gasteiger partial charge is 0.294 e. The molecule has 13 heavy (non-hydrogen) atoms. The van der Waals surface area contributed by atoms with E-state index in [1.165, 1.54) is 5.56 Å². The van der Waals surface area contributed by atoms with Gasteiger partial charge in [0, 0.05) is 13.1 Å². The van der Waals surface area contributed by atoms with Gasteiger partial charge < -0.3 is 0 Å². The predicted molar refractivity (Wildman–Crippen MR) is 51.9 cm³/mol. The van der Waals surface area contributed by atoms with Gasteiger partial charge in [0.2, 0.25) is 0 Å². The Hall–Kier alpha value is -1.12. The molecule has 0 amide bonds. The Bertz CT molecular complexity index is 273. The molecule has 0 spiro atoms. The van der Waals surface area contributed by atoms with Gasteiger partial charge in [-0.3, -0.25) is 4.84 Å². The molecular weight excluding hydrogens is 162 g/mol. The molecule has 0 aliphatic carbocycles. The summed E-state index contributed by atoms with van der Waals surface area (Å²) in [4.78, 5) is 5.56. The van der Waals surface area contributed by atoms with E-state index in [0.717, 1.165) is 13.1 Å². The summed E-state index contributed by atoms with van der Waals surface area (Å²) >= 11 is 0. The quantitative estimate of drug-likeness (QED) is 0.651. The molecule has 1 aromatic rings. The Labute approximate surface area is 78.4 Å². The average Bonchev–Trinajstić information content (AvgIpc) is 2.69. The van der Waals surface area contributed by atoms with Crippen molar-refractivity contribution in [2.24, 2.45) is 0 Å². The zero-order chi connectivity index (χ0) is 8.93. The Balaban J connectivity index is 1.80. The Morgan fingerprint density at radius 3 is 2.46 bits per heavy atom. The van der Waals surface area contributed by atoms with Crippen LogP contribution in [0.5, 0.6) is 0 Å². The highest BCUT2D eigenvalue weighted by Gasteiger charge is 2.05. The first-order valence-corrected chi connectivity index (χ1v) is 4.52. The standard InChI is InChI=1S/C11H13NO/c1-2-6-11(7-3-1)10-13-12-8-4-5-9-12/h1-7H,8-10H2. The molecule has 0 radical (unpaired) electrons. The normalized spacial score (nSPS) is 16.6. The molecule has 2 heteroatoms. The summed E-state index contributed by atoms with van der Waals surface area (Å²) in [5, 5.41) is 1.95. The molecule has 0 saturated heterocycles. The summed E-state index contributed by atoms with van der Waals surface area (Å²) < 4.78 is 0. The molecule has 0 bridgehead atoms. The molecule has 0 unspecified atom stereocenters. The summed E-state index contributed by atoms with van der Waals surface area (Å²) in [7, 11) is 0. The third kappa shape index (κ3) is 2.41. The maximum absolute atomic E-state index is 5.56. The highest BCUT2D eigenvalue weighted by atomic mass is 16.7. The van der Waals surface area contributed by atoms with Crippen LogP contribution in [0, 0.1) is 0 Å². The zero-order valence-corrected chi connectivity index (χ0v) is 7.52. The number of hydrogen-bond acceptors (Lipinski definition) is 2. The molecule has 1 aliphatic heterocycles. The lowest BCUT2D eigenvalue weighted by atomic mass is 10.2. The second kappa shape index (κ2) is 4.21. The van der Waals surface area contributed by atoms with Crippen LogP contribution in [0.1, 0.15) is 5.56 Å². The summed E-state index contributed by atoms with van der Waals surface area (Å²) in [5.41, 5.74) is 1.22. The first-order valence-electron chi connectivity index (χ1n) is 4.52. The van der Waals surface area contributed by atoms with Gasteiger partial charge in [-0.2, -0.15) is 5.06 Å². The molecular formula is C11H13NO. The van der Waals surface area contributed by atoms with Crippen molar-refractivity contribution in [3.8, 4) is 0 Å². The first kappa shape index (κ1) is 8.48. The van der Waals surface area contributed by atoms with E-state index >= 15 is 0 Å². The fourth-order valence-electron chi connectivity index (χ4n) is 1.30. The van der Waals surface area contributed by atoms with Gasteiger partial charge in [0.1, 0.15) is 0 Å². The molecule has 1 aliphatic rings. The molecule has 0 aromatic heterocycles. The highest BCUT2D eigenvalue weighted by Crippen LogP contribution is 2.05. The third-order valence-corrected chi connectivity index (χ3v) is 2.04. The van der Waals surface area contributed by atoms with E-state index in [4.69, 9.17) is 4.84 Å². The maximum atomic E-state index is 5.56. The molecule has 0 fully saturated rings. The first-order chi connectivity index (χ1) is 6.45. The fraction of sp³-hybridized carbons (Fsp3) is 0.273. The molecule has 1 heterocycles. The van der Waals surface area contributed by atoms with Crippen molar-refractivity contribution in [1.82, 2.24) is 5.06 Å². The van der Waals surface area contributed by atoms with Crippen LogP contribution < -0.4 is 0 Å². The van der Waals surface area contributed by atoms with Crippen LogP contribution in [-0.2, 0) is 11.4 Å². The predicted octanol–water partition coefficient (Wildman–Crippen LogP) is 1.99. The SMILES string of the molecule is C1=CCN(OCc2ccccc2)C1. The van der Waals surface area contributed by atoms with Crippen molar-refractivity contribution < 1.29 is 4.84 Å². The van der Waals surface area contributed by atoms with Crippen molar-refractivity contribution in [3.63, 3.8) is 0 Å². The number of nitrogens with zero attached hydrogens (tertiary/aromatic N) is 1. The molecule has 1 aromatic carbocycles. The summed E-state index contributed by atoms with van der Waals surface area (Å²) in [6.07, 6.45) is 4.23. The van der Waals surface area contributed by atoms with Gasteiger partial charge >= 0.3 is 0 Å². The van der Waals surface area contributed by atoms with E-state index in [-0.39, 0.29) is 0 Å². The second-order valence-electron chi connectivity index (χ2n) is 3.08. The van der Waals surface area contributed by atoms with E-state index in [0.29, 0.717) is 6.61 Å². The van der Waals surface area contributed by atoms with Crippen LogP contribution in [-0.4, -0.2) is 18.2 Å². The zero-order valence-electron chi connectivity index (χ0n) is 7.52. The van der Waals surface area contributed by atoms with E-state index in [9.17, 15) is 0 Å². The van der Waals surface area contributed by atoms with Crippen molar-refractivity contribution in [2.45, 2.75) is 6.61 Å². The van der Waals surface area contributed by atoms with Gasteiger partial charge in [0.15, 0.2) is 0 Å². The molecule has 68 valence electrons. The van der Waals surface area contributed by atoms with Crippen molar-refractivity contribution in [3.05, 3.63) is 48.0 Å². The average molecular weight is 175 g/mol. The monoisotopic (exact) mass is 175 g/mol. The smallest absolute Gasteiger partial charge is 0.0936 e. The lowest BCUT2D eigenvalue weighted by molar-refractivity contribution is -0.149. The van der Waals surface area contributed by atoms with Crippen molar-refractivity contribution in [1.29, 1.82) is 0 Å². The molecule has 0 atom stereocenters. The van der Waals surface area contributed by atoms with Gasteiger partial charge in [-0.05, 0) is 5.56 Å². The topological polar surface area (TPSA) is 12.5 Å². The van der Waals surface area contributed by atoms with Gasteiger partial charge in [0.05, 0.1) is 6.61 Å². The van der Waals surface area contributed by atoms with E-state index in [2.05, 4.69) is 24.3 Å². The number of benzene rings is 1. The summed E-state index contributed by atoms with van der Waals surface area (Å²) in [5.74, 6) is 0. The maximum Gasteiger partial charge on any atom is 0.0936 e. The van der Waals surface area contributed by atoms with Crippen LogP contribution in [0.3, 0.4) is 0 Å². The van der Waals surface area contributed by atoms with Crippen LogP contribution >= 0.6 is 0 Å². The third-order valence-electron chi connectivity index (χ3n) is 2.04. The number of rotatable bonds is 3.